The fraction of sp³-hybridized carbons (Fsp3) is 0.500. The standard InChI is InChI=1S/C14H18BrN3O/c1-17-5-6-18-12(9-17)8-16-13(14(18)19)10-3-2-4-11(15)7-10/h2-4,7,12-13,16H,5-6,8-9H2,1H3. The SMILES string of the molecule is CN1CCN2C(=O)C(c3cccc(Br)c3)NCC2C1. The van der Waals surface area contributed by atoms with Crippen LogP contribution in [0.1, 0.15) is 11.6 Å². The van der Waals surface area contributed by atoms with Gasteiger partial charge in [0.2, 0.25) is 5.91 Å². The lowest BCUT2D eigenvalue weighted by atomic mass is 9.99. The normalized spacial score (nSPS) is 28.3. The van der Waals surface area contributed by atoms with E-state index in [-0.39, 0.29) is 11.9 Å². The molecule has 0 saturated carbocycles. The van der Waals surface area contributed by atoms with Crippen LogP contribution in [0.15, 0.2) is 28.7 Å². The van der Waals surface area contributed by atoms with Crippen LogP contribution in [-0.2, 0) is 4.79 Å². The summed E-state index contributed by atoms with van der Waals surface area (Å²) in [6.07, 6.45) is 0. The number of likely N-dealkylation sites (N-methyl/N-ethyl adjacent to an activating group) is 1. The Balaban J connectivity index is 1.81. The van der Waals surface area contributed by atoms with Gasteiger partial charge in [-0.3, -0.25) is 4.79 Å². The number of amides is 1. The number of nitrogens with zero attached hydrogens (tertiary/aromatic N) is 2. The zero-order valence-electron chi connectivity index (χ0n) is 11.0. The first kappa shape index (κ1) is 13.1. The molecule has 2 aliphatic heterocycles. The molecule has 1 N–H and O–H groups in total. The van der Waals surface area contributed by atoms with Gasteiger partial charge >= 0.3 is 0 Å². The van der Waals surface area contributed by atoms with E-state index in [0.29, 0.717) is 6.04 Å². The molecule has 0 bridgehead atoms. The van der Waals surface area contributed by atoms with E-state index >= 15 is 0 Å². The summed E-state index contributed by atoms with van der Waals surface area (Å²) in [5.74, 6) is 0.211. The van der Waals surface area contributed by atoms with Crippen LogP contribution in [0, 0.1) is 0 Å². The maximum atomic E-state index is 12.6. The number of fused-ring (bicyclic) bond motifs is 1. The largest absolute Gasteiger partial charge is 0.334 e. The van der Waals surface area contributed by atoms with Gasteiger partial charge in [0.15, 0.2) is 0 Å². The predicted molar refractivity (Wildman–Crippen MR) is 77.9 cm³/mol. The molecule has 2 unspecified atom stereocenters. The number of hydrogen-bond donors (Lipinski definition) is 1. The van der Waals surface area contributed by atoms with Crippen molar-refractivity contribution in [3.05, 3.63) is 34.3 Å². The Morgan fingerprint density at radius 1 is 1.37 bits per heavy atom. The first-order chi connectivity index (χ1) is 9.15. The molecule has 4 nitrogen and oxygen atoms in total. The fourth-order valence-electron chi connectivity index (χ4n) is 2.93. The first-order valence-electron chi connectivity index (χ1n) is 6.63. The van der Waals surface area contributed by atoms with Crippen molar-refractivity contribution in [2.45, 2.75) is 12.1 Å². The summed E-state index contributed by atoms with van der Waals surface area (Å²) >= 11 is 3.47. The Labute approximate surface area is 121 Å². The van der Waals surface area contributed by atoms with E-state index < -0.39 is 0 Å². The van der Waals surface area contributed by atoms with Gasteiger partial charge in [0.25, 0.3) is 0 Å². The van der Waals surface area contributed by atoms with Gasteiger partial charge in [-0.2, -0.15) is 0 Å². The minimum absolute atomic E-state index is 0.197. The Bertz CT molecular complexity index is 493. The van der Waals surface area contributed by atoms with E-state index in [4.69, 9.17) is 0 Å². The molecule has 0 spiro atoms. The van der Waals surface area contributed by atoms with E-state index in [1.165, 1.54) is 0 Å². The van der Waals surface area contributed by atoms with E-state index in [1.807, 2.05) is 29.2 Å². The third-order valence-electron chi connectivity index (χ3n) is 3.96. The lowest BCUT2D eigenvalue weighted by Gasteiger charge is -2.45. The first-order valence-corrected chi connectivity index (χ1v) is 7.42. The highest BCUT2D eigenvalue weighted by molar-refractivity contribution is 9.10. The summed E-state index contributed by atoms with van der Waals surface area (Å²) in [5, 5.41) is 3.39. The van der Waals surface area contributed by atoms with Crippen molar-refractivity contribution in [2.75, 3.05) is 33.2 Å². The van der Waals surface area contributed by atoms with Crippen LogP contribution in [0.5, 0.6) is 0 Å². The van der Waals surface area contributed by atoms with Gasteiger partial charge in [0, 0.05) is 30.7 Å². The van der Waals surface area contributed by atoms with Gasteiger partial charge in [0.05, 0.1) is 6.04 Å². The van der Waals surface area contributed by atoms with Crippen LogP contribution >= 0.6 is 15.9 Å². The maximum absolute atomic E-state index is 12.6. The molecule has 19 heavy (non-hydrogen) atoms. The van der Waals surface area contributed by atoms with E-state index in [0.717, 1.165) is 36.2 Å². The smallest absolute Gasteiger partial charge is 0.244 e. The van der Waals surface area contributed by atoms with Crippen molar-refractivity contribution >= 4 is 21.8 Å². The summed E-state index contributed by atoms with van der Waals surface area (Å²) < 4.78 is 1.01. The number of halogens is 1. The third-order valence-corrected chi connectivity index (χ3v) is 4.45. The Morgan fingerprint density at radius 3 is 3.00 bits per heavy atom. The van der Waals surface area contributed by atoms with Crippen molar-refractivity contribution < 1.29 is 4.79 Å². The number of rotatable bonds is 1. The lowest BCUT2D eigenvalue weighted by Crippen LogP contribution is -2.63. The molecule has 2 heterocycles. The van der Waals surface area contributed by atoms with Gasteiger partial charge in [-0.1, -0.05) is 28.1 Å². The van der Waals surface area contributed by atoms with Gasteiger partial charge in [-0.05, 0) is 24.7 Å². The van der Waals surface area contributed by atoms with Crippen molar-refractivity contribution in [3.8, 4) is 0 Å². The number of piperazine rings is 2. The highest BCUT2D eigenvalue weighted by Gasteiger charge is 2.38. The molecule has 2 atom stereocenters. The number of carbonyl (C=O) groups is 1. The Hall–Kier alpha value is -0.910. The Morgan fingerprint density at radius 2 is 2.21 bits per heavy atom. The van der Waals surface area contributed by atoms with Crippen molar-refractivity contribution in [1.29, 1.82) is 0 Å². The molecule has 1 aromatic rings. The van der Waals surface area contributed by atoms with E-state index in [9.17, 15) is 4.79 Å². The van der Waals surface area contributed by atoms with E-state index in [2.05, 4.69) is 33.2 Å². The molecule has 2 fully saturated rings. The molecule has 102 valence electrons. The third kappa shape index (κ3) is 2.55. The van der Waals surface area contributed by atoms with Crippen LogP contribution in [0.4, 0.5) is 0 Å². The minimum atomic E-state index is -0.197. The van der Waals surface area contributed by atoms with Crippen LogP contribution in [0.2, 0.25) is 0 Å². The summed E-state index contributed by atoms with van der Waals surface area (Å²) in [6.45, 7) is 3.64. The molecule has 0 aliphatic carbocycles. The number of hydrogen-bond acceptors (Lipinski definition) is 3. The number of nitrogens with one attached hydrogen (secondary N) is 1. The number of benzene rings is 1. The highest BCUT2D eigenvalue weighted by atomic mass is 79.9. The quantitative estimate of drug-likeness (QED) is 0.844. The molecule has 1 aromatic carbocycles. The summed E-state index contributed by atoms with van der Waals surface area (Å²) in [6, 6.07) is 8.11. The van der Waals surface area contributed by atoms with Crippen molar-refractivity contribution in [3.63, 3.8) is 0 Å². The lowest BCUT2D eigenvalue weighted by molar-refractivity contribution is -0.141. The second kappa shape index (κ2) is 5.23. The second-order valence-corrected chi connectivity index (χ2v) is 6.26. The summed E-state index contributed by atoms with van der Waals surface area (Å²) in [4.78, 5) is 16.9. The maximum Gasteiger partial charge on any atom is 0.244 e. The monoisotopic (exact) mass is 323 g/mol. The minimum Gasteiger partial charge on any atom is -0.334 e. The summed E-state index contributed by atoms with van der Waals surface area (Å²) in [7, 11) is 2.11. The molecule has 2 saturated heterocycles. The topological polar surface area (TPSA) is 35.6 Å². The van der Waals surface area contributed by atoms with Crippen LogP contribution in [0.25, 0.3) is 0 Å². The van der Waals surface area contributed by atoms with Crippen LogP contribution < -0.4 is 5.32 Å². The van der Waals surface area contributed by atoms with E-state index in [1.54, 1.807) is 0 Å². The van der Waals surface area contributed by atoms with Gasteiger partial charge in [0.1, 0.15) is 6.04 Å². The van der Waals surface area contributed by atoms with Crippen molar-refractivity contribution in [1.82, 2.24) is 15.1 Å². The fourth-order valence-corrected chi connectivity index (χ4v) is 3.35. The molecule has 0 aromatic heterocycles. The highest BCUT2D eigenvalue weighted by Crippen LogP contribution is 2.25. The van der Waals surface area contributed by atoms with Crippen LogP contribution in [-0.4, -0.2) is 55.0 Å². The molecular weight excluding hydrogens is 306 g/mol. The Kier molecular flexibility index (Phi) is 3.60. The molecule has 3 rings (SSSR count). The van der Waals surface area contributed by atoms with Gasteiger partial charge < -0.3 is 15.1 Å². The molecule has 2 aliphatic rings. The zero-order chi connectivity index (χ0) is 13.4. The molecule has 1 amide bonds. The number of carbonyl (C=O) groups excluding carboxylic acids is 1. The van der Waals surface area contributed by atoms with Crippen molar-refractivity contribution in [2.24, 2.45) is 0 Å². The van der Waals surface area contributed by atoms with Crippen LogP contribution in [0.3, 0.4) is 0 Å². The average molecular weight is 324 g/mol. The summed E-state index contributed by atoms with van der Waals surface area (Å²) in [5.41, 5.74) is 1.04. The zero-order valence-corrected chi connectivity index (χ0v) is 12.6. The predicted octanol–water partition coefficient (Wildman–Crippen LogP) is 1.24. The van der Waals surface area contributed by atoms with Gasteiger partial charge in [-0.25, -0.2) is 0 Å². The van der Waals surface area contributed by atoms with Gasteiger partial charge in [-0.15, -0.1) is 0 Å². The molecule has 0 radical (unpaired) electrons. The average Bonchev–Trinajstić information content (AvgIpc) is 2.39. The second-order valence-electron chi connectivity index (χ2n) is 5.34. The molecular formula is C14H18BrN3O. The molecule has 5 heteroatoms.